The van der Waals surface area contributed by atoms with E-state index in [1.807, 2.05) is 6.92 Å². The smallest absolute Gasteiger partial charge is 0.104 e. The predicted molar refractivity (Wildman–Crippen MR) is 56.3 cm³/mol. The molecule has 0 saturated heterocycles. The van der Waals surface area contributed by atoms with Gasteiger partial charge in [0.25, 0.3) is 0 Å². The Hall–Kier alpha value is -0.150. The first-order valence-electron chi connectivity index (χ1n) is 4.48. The number of hydrogen-bond acceptors (Lipinski definition) is 2. The molecule has 0 heterocycles. The van der Waals surface area contributed by atoms with Crippen molar-refractivity contribution in [2.75, 3.05) is 6.61 Å². The highest BCUT2D eigenvalue weighted by molar-refractivity contribution is 7.80. The van der Waals surface area contributed by atoms with E-state index in [9.17, 15) is 0 Å². The Morgan fingerprint density at radius 3 is 2.50 bits per heavy atom. The zero-order valence-electron chi connectivity index (χ0n) is 8.17. The lowest BCUT2D eigenvalue weighted by Gasteiger charge is -2.15. The van der Waals surface area contributed by atoms with E-state index in [0.717, 1.165) is 6.61 Å². The van der Waals surface area contributed by atoms with E-state index < -0.39 is 0 Å². The van der Waals surface area contributed by atoms with Crippen LogP contribution in [0.25, 0.3) is 0 Å². The second-order valence-corrected chi connectivity index (χ2v) is 3.74. The summed E-state index contributed by atoms with van der Waals surface area (Å²) in [6.07, 6.45) is 2.31. The van der Waals surface area contributed by atoms with Crippen LogP contribution in [0.15, 0.2) is 0 Å². The molecule has 2 atom stereocenters. The molecule has 0 aliphatic carbocycles. The molecule has 2 N–H and O–H groups in total. The molecule has 0 aliphatic heterocycles. The zero-order chi connectivity index (χ0) is 9.56. The maximum atomic E-state index is 5.45. The van der Waals surface area contributed by atoms with E-state index >= 15 is 0 Å². The molecular formula is C9H19NOS. The average molecular weight is 189 g/mol. The van der Waals surface area contributed by atoms with Crippen molar-refractivity contribution in [2.24, 2.45) is 11.7 Å². The molecule has 0 bridgehead atoms. The maximum absolute atomic E-state index is 5.45. The second-order valence-electron chi connectivity index (χ2n) is 3.27. The molecular weight excluding hydrogens is 170 g/mol. The van der Waals surface area contributed by atoms with Crippen LogP contribution in [0, 0.1) is 5.92 Å². The van der Waals surface area contributed by atoms with Crippen molar-refractivity contribution < 1.29 is 4.74 Å². The zero-order valence-corrected chi connectivity index (χ0v) is 8.99. The Labute approximate surface area is 80.5 Å². The van der Waals surface area contributed by atoms with Gasteiger partial charge < -0.3 is 10.5 Å². The van der Waals surface area contributed by atoms with Gasteiger partial charge in [-0.2, -0.15) is 0 Å². The highest BCUT2D eigenvalue weighted by Gasteiger charge is 2.07. The topological polar surface area (TPSA) is 35.2 Å². The van der Waals surface area contributed by atoms with Crippen LogP contribution in [0.3, 0.4) is 0 Å². The molecule has 0 aromatic rings. The molecule has 0 radical (unpaired) electrons. The SMILES string of the molecule is CCCC(C)COC(C)C(N)=S. The Morgan fingerprint density at radius 1 is 1.50 bits per heavy atom. The molecule has 72 valence electrons. The first kappa shape index (κ1) is 11.8. The van der Waals surface area contributed by atoms with Crippen molar-refractivity contribution in [1.82, 2.24) is 0 Å². The van der Waals surface area contributed by atoms with Crippen molar-refractivity contribution >= 4 is 17.2 Å². The molecule has 2 nitrogen and oxygen atoms in total. The summed E-state index contributed by atoms with van der Waals surface area (Å²) in [5.41, 5.74) is 5.40. The van der Waals surface area contributed by atoms with Crippen LogP contribution in [-0.2, 0) is 4.74 Å². The summed E-state index contributed by atoms with van der Waals surface area (Å²) in [5.74, 6) is 0.604. The van der Waals surface area contributed by atoms with Crippen molar-refractivity contribution in [3.63, 3.8) is 0 Å². The fourth-order valence-corrected chi connectivity index (χ4v) is 1.03. The second kappa shape index (κ2) is 6.38. The lowest BCUT2D eigenvalue weighted by atomic mass is 10.1. The quantitative estimate of drug-likeness (QED) is 0.650. The lowest BCUT2D eigenvalue weighted by Crippen LogP contribution is -2.27. The molecule has 0 aliphatic rings. The van der Waals surface area contributed by atoms with Gasteiger partial charge in [-0.1, -0.05) is 32.5 Å². The monoisotopic (exact) mass is 189 g/mol. The Morgan fingerprint density at radius 2 is 2.08 bits per heavy atom. The summed E-state index contributed by atoms with van der Waals surface area (Å²) in [7, 11) is 0. The van der Waals surface area contributed by atoms with E-state index in [1.54, 1.807) is 0 Å². The number of rotatable bonds is 6. The van der Waals surface area contributed by atoms with Crippen molar-refractivity contribution in [3.05, 3.63) is 0 Å². The Kier molecular flexibility index (Phi) is 6.30. The third kappa shape index (κ3) is 5.49. The largest absolute Gasteiger partial charge is 0.391 e. The molecule has 0 rings (SSSR count). The third-order valence-corrected chi connectivity index (χ3v) is 2.14. The Balaban J connectivity index is 3.46. The summed E-state index contributed by atoms with van der Waals surface area (Å²) in [5, 5.41) is 0. The molecule has 0 fully saturated rings. The molecule has 12 heavy (non-hydrogen) atoms. The fourth-order valence-electron chi connectivity index (χ4n) is 0.967. The van der Waals surface area contributed by atoms with E-state index in [4.69, 9.17) is 22.7 Å². The highest BCUT2D eigenvalue weighted by atomic mass is 32.1. The summed E-state index contributed by atoms with van der Waals surface area (Å²) in [6.45, 7) is 7.00. The van der Waals surface area contributed by atoms with Crippen LogP contribution in [-0.4, -0.2) is 17.7 Å². The van der Waals surface area contributed by atoms with Gasteiger partial charge in [0.15, 0.2) is 0 Å². The number of hydrogen-bond donors (Lipinski definition) is 1. The fraction of sp³-hybridized carbons (Fsp3) is 0.889. The van der Waals surface area contributed by atoms with E-state index in [0.29, 0.717) is 10.9 Å². The van der Waals surface area contributed by atoms with Gasteiger partial charge in [0.1, 0.15) is 11.1 Å². The van der Waals surface area contributed by atoms with Crippen molar-refractivity contribution in [2.45, 2.75) is 39.7 Å². The minimum absolute atomic E-state index is 0.0840. The van der Waals surface area contributed by atoms with Gasteiger partial charge >= 0.3 is 0 Å². The first-order chi connectivity index (χ1) is 5.57. The van der Waals surface area contributed by atoms with Crippen molar-refractivity contribution in [1.29, 1.82) is 0 Å². The van der Waals surface area contributed by atoms with E-state index in [2.05, 4.69) is 13.8 Å². The standard InChI is InChI=1S/C9H19NOS/c1-4-5-7(2)6-11-8(3)9(10)12/h7-8H,4-6H2,1-3H3,(H2,10,12). The third-order valence-electron chi connectivity index (χ3n) is 1.81. The maximum Gasteiger partial charge on any atom is 0.104 e. The predicted octanol–water partition coefficient (Wildman–Crippen LogP) is 2.11. The summed E-state index contributed by atoms with van der Waals surface area (Å²) in [4.78, 5) is 0.443. The summed E-state index contributed by atoms with van der Waals surface area (Å²) < 4.78 is 5.45. The first-order valence-corrected chi connectivity index (χ1v) is 4.89. The number of thiocarbonyl (C=S) groups is 1. The van der Waals surface area contributed by atoms with Gasteiger partial charge in [0.2, 0.25) is 0 Å². The number of ether oxygens (including phenoxy) is 1. The van der Waals surface area contributed by atoms with Gasteiger partial charge in [-0.3, -0.25) is 0 Å². The van der Waals surface area contributed by atoms with Crippen molar-refractivity contribution in [3.8, 4) is 0 Å². The molecule has 0 aromatic heterocycles. The van der Waals surface area contributed by atoms with E-state index in [-0.39, 0.29) is 6.10 Å². The molecule has 3 heteroatoms. The van der Waals surface area contributed by atoms with Gasteiger partial charge in [0, 0.05) is 0 Å². The van der Waals surface area contributed by atoms with Crippen LogP contribution >= 0.6 is 12.2 Å². The van der Waals surface area contributed by atoms with Gasteiger partial charge in [-0.15, -0.1) is 0 Å². The number of nitrogens with two attached hydrogens (primary N) is 1. The molecule has 0 saturated carbocycles. The highest BCUT2D eigenvalue weighted by Crippen LogP contribution is 2.06. The van der Waals surface area contributed by atoms with Crippen LogP contribution in [0.1, 0.15) is 33.6 Å². The summed E-state index contributed by atoms with van der Waals surface area (Å²) >= 11 is 4.79. The summed E-state index contributed by atoms with van der Waals surface area (Å²) in [6, 6.07) is 0. The molecule has 0 aromatic carbocycles. The van der Waals surface area contributed by atoms with Crippen LogP contribution < -0.4 is 5.73 Å². The van der Waals surface area contributed by atoms with Gasteiger partial charge in [-0.25, -0.2) is 0 Å². The lowest BCUT2D eigenvalue weighted by molar-refractivity contribution is 0.0807. The minimum atomic E-state index is -0.0840. The molecule has 2 unspecified atom stereocenters. The van der Waals surface area contributed by atoms with Crippen LogP contribution in [0.2, 0.25) is 0 Å². The van der Waals surface area contributed by atoms with Gasteiger partial charge in [-0.05, 0) is 19.3 Å². The average Bonchev–Trinajstić information content (AvgIpc) is 2.00. The van der Waals surface area contributed by atoms with Gasteiger partial charge in [0.05, 0.1) is 6.61 Å². The van der Waals surface area contributed by atoms with E-state index in [1.165, 1.54) is 12.8 Å². The van der Waals surface area contributed by atoms with Crippen LogP contribution in [0.4, 0.5) is 0 Å². The molecule has 0 spiro atoms. The Bertz CT molecular complexity index is 138. The van der Waals surface area contributed by atoms with Crippen LogP contribution in [0.5, 0.6) is 0 Å². The molecule has 0 amide bonds. The minimum Gasteiger partial charge on any atom is -0.391 e. The normalized spacial score (nSPS) is 15.6.